The lowest BCUT2D eigenvalue weighted by Crippen LogP contribution is -2.08. The van der Waals surface area contributed by atoms with E-state index in [-0.39, 0.29) is 6.04 Å². The first kappa shape index (κ1) is 12.7. The molecule has 2 aromatic carbocycles. The van der Waals surface area contributed by atoms with Crippen LogP contribution in [0.2, 0.25) is 0 Å². The fraction of sp³-hybridized carbons (Fsp3) is 0.133. The van der Waals surface area contributed by atoms with Crippen LogP contribution in [-0.2, 0) is 0 Å². The molecular weight excluding hydrogens is 288 g/mol. The highest BCUT2D eigenvalue weighted by molar-refractivity contribution is 9.10. The summed E-state index contributed by atoms with van der Waals surface area (Å²) in [7, 11) is 0. The zero-order valence-corrected chi connectivity index (χ0v) is 11.6. The second-order valence-electron chi connectivity index (χ2n) is 4.12. The number of aryl methyl sites for hydroxylation is 1. The second-order valence-corrected chi connectivity index (χ2v) is 5.04. The Kier molecular flexibility index (Phi) is 4.01. The Hall–Kier alpha value is -1.79. The maximum atomic E-state index is 9.24. The molecule has 90 valence electrons. The molecule has 0 spiro atoms. The molecule has 0 amide bonds. The SMILES string of the molecule is Cc1ccc(NC(C#N)c2ccc(Br)cc2)cc1. The number of anilines is 1. The minimum absolute atomic E-state index is 0.333. The van der Waals surface area contributed by atoms with Crippen LogP contribution < -0.4 is 5.32 Å². The van der Waals surface area contributed by atoms with Gasteiger partial charge in [0.15, 0.2) is 0 Å². The Balaban J connectivity index is 2.17. The minimum atomic E-state index is -0.333. The summed E-state index contributed by atoms with van der Waals surface area (Å²) in [6, 6.07) is 17.7. The zero-order chi connectivity index (χ0) is 13.0. The summed E-state index contributed by atoms with van der Waals surface area (Å²) < 4.78 is 1.01. The van der Waals surface area contributed by atoms with Gasteiger partial charge in [-0.2, -0.15) is 5.26 Å². The molecule has 0 aliphatic carbocycles. The lowest BCUT2D eigenvalue weighted by atomic mass is 10.1. The molecule has 0 bridgehead atoms. The van der Waals surface area contributed by atoms with Crippen LogP contribution in [0.3, 0.4) is 0 Å². The highest BCUT2D eigenvalue weighted by atomic mass is 79.9. The normalized spacial score (nSPS) is 11.6. The molecule has 0 saturated carbocycles. The van der Waals surface area contributed by atoms with Crippen LogP contribution in [0.5, 0.6) is 0 Å². The Morgan fingerprint density at radius 1 is 1.06 bits per heavy atom. The van der Waals surface area contributed by atoms with Crippen LogP contribution in [0, 0.1) is 18.3 Å². The molecule has 0 aromatic heterocycles. The fourth-order valence-corrected chi connectivity index (χ4v) is 1.93. The van der Waals surface area contributed by atoms with Crippen molar-refractivity contribution in [3.05, 3.63) is 64.1 Å². The predicted molar refractivity (Wildman–Crippen MR) is 77.3 cm³/mol. The fourth-order valence-electron chi connectivity index (χ4n) is 1.66. The van der Waals surface area contributed by atoms with Gasteiger partial charge in [0.05, 0.1) is 6.07 Å². The second kappa shape index (κ2) is 5.70. The van der Waals surface area contributed by atoms with E-state index in [0.29, 0.717) is 0 Å². The van der Waals surface area contributed by atoms with E-state index in [4.69, 9.17) is 0 Å². The Labute approximate surface area is 115 Å². The van der Waals surface area contributed by atoms with E-state index in [1.165, 1.54) is 5.56 Å². The standard InChI is InChI=1S/C15H13BrN2/c1-11-2-8-14(9-3-11)18-15(10-17)12-4-6-13(16)7-5-12/h2-9,15,18H,1H3. The third-order valence-corrected chi connectivity index (χ3v) is 3.22. The first-order chi connectivity index (χ1) is 8.69. The summed E-state index contributed by atoms with van der Waals surface area (Å²) in [5.41, 5.74) is 3.12. The summed E-state index contributed by atoms with van der Waals surface area (Å²) >= 11 is 3.39. The average molecular weight is 301 g/mol. The highest BCUT2D eigenvalue weighted by Crippen LogP contribution is 2.21. The predicted octanol–water partition coefficient (Wildman–Crippen LogP) is 4.43. The monoisotopic (exact) mass is 300 g/mol. The molecule has 1 N–H and O–H groups in total. The molecule has 2 rings (SSSR count). The van der Waals surface area contributed by atoms with Crippen LogP contribution >= 0.6 is 15.9 Å². The number of benzene rings is 2. The van der Waals surface area contributed by atoms with Gasteiger partial charge >= 0.3 is 0 Å². The maximum Gasteiger partial charge on any atom is 0.140 e. The van der Waals surface area contributed by atoms with Gasteiger partial charge in [0.2, 0.25) is 0 Å². The van der Waals surface area contributed by atoms with Crippen molar-refractivity contribution in [2.75, 3.05) is 5.32 Å². The first-order valence-electron chi connectivity index (χ1n) is 5.67. The van der Waals surface area contributed by atoms with Crippen molar-refractivity contribution in [1.82, 2.24) is 0 Å². The molecule has 0 aliphatic rings. The number of rotatable bonds is 3. The van der Waals surface area contributed by atoms with Crippen molar-refractivity contribution in [3.63, 3.8) is 0 Å². The summed E-state index contributed by atoms with van der Waals surface area (Å²) in [6.07, 6.45) is 0. The van der Waals surface area contributed by atoms with Crippen LogP contribution in [0.1, 0.15) is 17.2 Å². The number of nitrogens with one attached hydrogen (secondary N) is 1. The maximum absolute atomic E-state index is 9.24. The van der Waals surface area contributed by atoms with Crippen LogP contribution in [0.15, 0.2) is 53.0 Å². The third kappa shape index (κ3) is 3.12. The van der Waals surface area contributed by atoms with Gasteiger partial charge in [0.25, 0.3) is 0 Å². The van der Waals surface area contributed by atoms with Gasteiger partial charge in [0.1, 0.15) is 6.04 Å². The van der Waals surface area contributed by atoms with E-state index in [9.17, 15) is 5.26 Å². The van der Waals surface area contributed by atoms with Gasteiger partial charge < -0.3 is 5.32 Å². The lowest BCUT2D eigenvalue weighted by Gasteiger charge is -2.13. The van der Waals surface area contributed by atoms with Crippen molar-refractivity contribution in [2.24, 2.45) is 0 Å². The third-order valence-electron chi connectivity index (χ3n) is 2.70. The van der Waals surface area contributed by atoms with Gasteiger partial charge in [-0.05, 0) is 36.8 Å². The van der Waals surface area contributed by atoms with Crippen LogP contribution in [0.4, 0.5) is 5.69 Å². The Morgan fingerprint density at radius 2 is 1.67 bits per heavy atom. The number of hydrogen-bond donors (Lipinski definition) is 1. The summed E-state index contributed by atoms with van der Waals surface area (Å²) in [5, 5.41) is 12.5. The largest absolute Gasteiger partial charge is 0.366 e. The van der Waals surface area contributed by atoms with Crippen molar-refractivity contribution in [3.8, 4) is 6.07 Å². The van der Waals surface area contributed by atoms with E-state index >= 15 is 0 Å². The Bertz CT molecular complexity index is 553. The van der Waals surface area contributed by atoms with E-state index in [0.717, 1.165) is 15.7 Å². The molecule has 1 unspecified atom stereocenters. The van der Waals surface area contributed by atoms with Crippen molar-refractivity contribution < 1.29 is 0 Å². The number of hydrogen-bond acceptors (Lipinski definition) is 2. The van der Waals surface area contributed by atoms with Crippen molar-refractivity contribution in [2.45, 2.75) is 13.0 Å². The molecular formula is C15H13BrN2. The lowest BCUT2D eigenvalue weighted by molar-refractivity contribution is 0.997. The van der Waals surface area contributed by atoms with E-state index < -0.39 is 0 Å². The van der Waals surface area contributed by atoms with Crippen LogP contribution in [-0.4, -0.2) is 0 Å². The summed E-state index contributed by atoms with van der Waals surface area (Å²) in [5.74, 6) is 0. The number of halogens is 1. The smallest absolute Gasteiger partial charge is 0.140 e. The van der Waals surface area contributed by atoms with Crippen molar-refractivity contribution >= 4 is 21.6 Å². The number of nitrogens with zero attached hydrogens (tertiary/aromatic N) is 1. The molecule has 0 heterocycles. The average Bonchev–Trinajstić information content (AvgIpc) is 2.39. The van der Waals surface area contributed by atoms with Gasteiger partial charge in [0, 0.05) is 10.2 Å². The summed E-state index contributed by atoms with van der Waals surface area (Å²) in [4.78, 5) is 0. The van der Waals surface area contributed by atoms with E-state index in [1.54, 1.807) is 0 Å². The topological polar surface area (TPSA) is 35.8 Å². The van der Waals surface area contributed by atoms with E-state index in [1.807, 2.05) is 55.5 Å². The molecule has 0 radical (unpaired) electrons. The van der Waals surface area contributed by atoms with Gasteiger partial charge in [-0.3, -0.25) is 0 Å². The van der Waals surface area contributed by atoms with Gasteiger partial charge in [-0.25, -0.2) is 0 Å². The molecule has 1 atom stereocenters. The van der Waals surface area contributed by atoms with Crippen LogP contribution in [0.25, 0.3) is 0 Å². The Morgan fingerprint density at radius 3 is 2.22 bits per heavy atom. The molecule has 2 aromatic rings. The molecule has 0 saturated heterocycles. The first-order valence-corrected chi connectivity index (χ1v) is 6.46. The van der Waals surface area contributed by atoms with Gasteiger partial charge in [-0.15, -0.1) is 0 Å². The van der Waals surface area contributed by atoms with Crippen molar-refractivity contribution in [1.29, 1.82) is 5.26 Å². The molecule has 2 nitrogen and oxygen atoms in total. The van der Waals surface area contributed by atoms with Gasteiger partial charge in [-0.1, -0.05) is 45.8 Å². The molecule has 18 heavy (non-hydrogen) atoms. The summed E-state index contributed by atoms with van der Waals surface area (Å²) in [6.45, 7) is 2.04. The number of nitriles is 1. The quantitative estimate of drug-likeness (QED) is 0.910. The van der Waals surface area contributed by atoms with E-state index in [2.05, 4.69) is 27.3 Å². The molecule has 0 aliphatic heterocycles. The molecule has 0 fully saturated rings. The zero-order valence-electron chi connectivity index (χ0n) is 10.0. The highest BCUT2D eigenvalue weighted by Gasteiger charge is 2.09. The molecule has 3 heteroatoms. The minimum Gasteiger partial charge on any atom is -0.366 e.